The SMILES string of the molecule is CCC(C)OC(=O)C[N+](=O)[O-]. The molecule has 0 rings (SSSR count). The average Bonchev–Trinajstić information content (AvgIpc) is 1.85. The Kier molecular flexibility index (Phi) is 4.17. The Labute approximate surface area is 64.5 Å². The van der Waals surface area contributed by atoms with Crippen LogP contribution < -0.4 is 0 Å². The Bertz CT molecular complexity index is 157. The molecule has 0 aromatic heterocycles. The molecule has 0 N–H and O–H groups in total. The minimum atomic E-state index is -0.774. The van der Waals surface area contributed by atoms with Gasteiger partial charge in [-0.1, -0.05) is 6.92 Å². The Morgan fingerprint density at radius 3 is 2.64 bits per heavy atom. The molecule has 64 valence electrons. The molecule has 0 aromatic rings. The molecule has 0 saturated carbocycles. The number of esters is 1. The van der Waals surface area contributed by atoms with E-state index in [1.807, 2.05) is 6.92 Å². The monoisotopic (exact) mass is 161 g/mol. The molecule has 0 heterocycles. The first-order chi connectivity index (χ1) is 5.06. The predicted molar refractivity (Wildman–Crippen MR) is 37.7 cm³/mol. The van der Waals surface area contributed by atoms with Crippen LogP contribution in [-0.4, -0.2) is 23.5 Å². The van der Waals surface area contributed by atoms with Crippen LogP contribution in [0.5, 0.6) is 0 Å². The molecule has 0 aliphatic heterocycles. The molecule has 0 amide bonds. The molecule has 5 nitrogen and oxygen atoms in total. The highest BCUT2D eigenvalue weighted by Gasteiger charge is 2.13. The van der Waals surface area contributed by atoms with Gasteiger partial charge in [-0.25, -0.2) is 4.79 Å². The van der Waals surface area contributed by atoms with Crippen molar-refractivity contribution in [3.63, 3.8) is 0 Å². The van der Waals surface area contributed by atoms with Crippen molar-refractivity contribution < 1.29 is 14.5 Å². The van der Waals surface area contributed by atoms with Gasteiger partial charge in [-0.15, -0.1) is 0 Å². The van der Waals surface area contributed by atoms with Crippen molar-refractivity contribution in [3.05, 3.63) is 10.1 Å². The summed E-state index contributed by atoms with van der Waals surface area (Å²) in [7, 11) is 0. The smallest absolute Gasteiger partial charge is 0.378 e. The molecular weight excluding hydrogens is 150 g/mol. The standard InChI is InChI=1S/C6H11NO4/c1-3-5(2)11-6(8)4-7(9)10/h5H,3-4H2,1-2H3. The van der Waals surface area contributed by atoms with E-state index < -0.39 is 17.4 Å². The maximum absolute atomic E-state index is 10.6. The molecule has 0 aliphatic carbocycles. The van der Waals surface area contributed by atoms with Gasteiger partial charge in [-0.2, -0.15) is 0 Å². The summed E-state index contributed by atoms with van der Waals surface area (Å²) in [4.78, 5) is 19.6. The number of rotatable bonds is 4. The van der Waals surface area contributed by atoms with Gasteiger partial charge >= 0.3 is 5.97 Å². The molecule has 1 unspecified atom stereocenters. The van der Waals surface area contributed by atoms with E-state index >= 15 is 0 Å². The van der Waals surface area contributed by atoms with Gasteiger partial charge in [0, 0.05) is 4.92 Å². The second-order valence-electron chi connectivity index (χ2n) is 2.20. The Balaban J connectivity index is 3.60. The van der Waals surface area contributed by atoms with Crippen molar-refractivity contribution in [2.24, 2.45) is 0 Å². The topological polar surface area (TPSA) is 69.4 Å². The van der Waals surface area contributed by atoms with E-state index in [0.29, 0.717) is 6.42 Å². The fraction of sp³-hybridized carbons (Fsp3) is 0.833. The van der Waals surface area contributed by atoms with E-state index in [4.69, 9.17) is 0 Å². The Morgan fingerprint density at radius 1 is 1.73 bits per heavy atom. The summed E-state index contributed by atoms with van der Waals surface area (Å²) in [6, 6.07) is 0. The van der Waals surface area contributed by atoms with E-state index in [2.05, 4.69) is 4.74 Å². The first-order valence-corrected chi connectivity index (χ1v) is 3.37. The molecule has 0 bridgehead atoms. The van der Waals surface area contributed by atoms with Crippen LogP contribution in [0.3, 0.4) is 0 Å². The van der Waals surface area contributed by atoms with Crippen molar-refractivity contribution in [3.8, 4) is 0 Å². The van der Waals surface area contributed by atoms with Crippen molar-refractivity contribution in [2.45, 2.75) is 26.4 Å². The van der Waals surface area contributed by atoms with Gasteiger partial charge in [0.2, 0.25) is 0 Å². The number of carbonyl (C=O) groups is 1. The van der Waals surface area contributed by atoms with Crippen LogP contribution in [0, 0.1) is 10.1 Å². The zero-order valence-corrected chi connectivity index (χ0v) is 6.57. The molecule has 0 aromatic carbocycles. The first kappa shape index (κ1) is 9.87. The summed E-state index contributed by atoms with van der Waals surface area (Å²) in [5, 5.41) is 9.78. The lowest BCUT2D eigenvalue weighted by Gasteiger charge is -2.07. The fourth-order valence-electron chi connectivity index (χ4n) is 0.450. The van der Waals surface area contributed by atoms with E-state index in [-0.39, 0.29) is 6.10 Å². The molecule has 0 saturated heterocycles. The quantitative estimate of drug-likeness (QED) is 0.344. The Morgan fingerprint density at radius 2 is 2.27 bits per heavy atom. The number of hydrogen-bond acceptors (Lipinski definition) is 4. The van der Waals surface area contributed by atoms with E-state index in [9.17, 15) is 14.9 Å². The van der Waals surface area contributed by atoms with Crippen LogP contribution in [0.2, 0.25) is 0 Å². The number of nitrogens with zero attached hydrogens (tertiary/aromatic N) is 1. The zero-order valence-electron chi connectivity index (χ0n) is 6.57. The third-order valence-electron chi connectivity index (χ3n) is 1.17. The largest absolute Gasteiger partial charge is 0.458 e. The van der Waals surface area contributed by atoms with Gasteiger partial charge in [0.25, 0.3) is 6.54 Å². The van der Waals surface area contributed by atoms with Crippen LogP contribution in [0.15, 0.2) is 0 Å². The van der Waals surface area contributed by atoms with Gasteiger partial charge in [0.1, 0.15) is 0 Å². The predicted octanol–water partition coefficient (Wildman–Crippen LogP) is 0.605. The molecule has 5 heteroatoms. The summed E-state index contributed by atoms with van der Waals surface area (Å²) >= 11 is 0. The lowest BCUT2D eigenvalue weighted by atomic mass is 10.3. The summed E-state index contributed by atoms with van der Waals surface area (Å²) in [6.07, 6.45) is 0.436. The third-order valence-corrected chi connectivity index (χ3v) is 1.17. The molecule has 0 fully saturated rings. The molecule has 0 radical (unpaired) electrons. The minimum absolute atomic E-state index is 0.234. The zero-order chi connectivity index (χ0) is 8.85. The first-order valence-electron chi connectivity index (χ1n) is 3.37. The van der Waals surface area contributed by atoms with E-state index in [1.165, 1.54) is 0 Å². The van der Waals surface area contributed by atoms with E-state index in [1.54, 1.807) is 6.92 Å². The fourth-order valence-corrected chi connectivity index (χ4v) is 0.450. The normalized spacial score (nSPS) is 12.2. The number of carbonyl (C=O) groups excluding carboxylic acids is 1. The second kappa shape index (κ2) is 4.65. The van der Waals surface area contributed by atoms with Crippen molar-refractivity contribution in [1.29, 1.82) is 0 Å². The molecule has 0 spiro atoms. The second-order valence-corrected chi connectivity index (χ2v) is 2.20. The van der Waals surface area contributed by atoms with Gasteiger partial charge in [0.15, 0.2) is 0 Å². The van der Waals surface area contributed by atoms with Crippen LogP contribution in [-0.2, 0) is 9.53 Å². The molecule has 1 atom stereocenters. The third kappa shape index (κ3) is 5.32. The summed E-state index contributed by atoms with van der Waals surface area (Å²) < 4.78 is 4.63. The lowest BCUT2D eigenvalue weighted by Crippen LogP contribution is -2.21. The van der Waals surface area contributed by atoms with Crippen LogP contribution in [0.1, 0.15) is 20.3 Å². The van der Waals surface area contributed by atoms with Crippen molar-refractivity contribution in [1.82, 2.24) is 0 Å². The highest BCUT2D eigenvalue weighted by Crippen LogP contribution is 1.95. The number of nitro groups is 1. The van der Waals surface area contributed by atoms with Crippen LogP contribution in [0.25, 0.3) is 0 Å². The van der Waals surface area contributed by atoms with Gasteiger partial charge < -0.3 is 4.74 Å². The van der Waals surface area contributed by atoms with Crippen molar-refractivity contribution in [2.75, 3.05) is 6.54 Å². The average molecular weight is 161 g/mol. The summed E-state index contributed by atoms with van der Waals surface area (Å²) in [6.45, 7) is 2.78. The van der Waals surface area contributed by atoms with Gasteiger partial charge in [-0.3, -0.25) is 10.1 Å². The maximum Gasteiger partial charge on any atom is 0.378 e. The number of ether oxygens (including phenoxy) is 1. The highest BCUT2D eigenvalue weighted by molar-refractivity contribution is 5.70. The van der Waals surface area contributed by atoms with Gasteiger partial charge in [0.05, 0.1) is 6.10 Å². The number of hydrogen-bond donors (Lipinski definition) is 0. The van der Waals surface area contributed by atoms with Gasteiger partial charge in [-0.05, 0) is 13.3 Å². The highest BCUT2D eigenvalue weighted by atomic mass is 16.6. The molecule has 11 heavy (non-hydrogen) atoms. The van der Waals surface area contributed by atoms with E-state index in [0.717, 1.165) is 0 Å². The summed E-state index contributed by atoms with van der Waals surface area (Å²) in [5.74, 6) is -0.774. The maximum atomic E-state index is 10.6. The minimum Gasteiger partial charge on any atom is -0.458 e. The lowest BCUT2D eigenvalue weighted by molar-refractivity contribution is -0.470. The summed E-state index contributed by atoms with van der Waals surface area (Å²) in [5.41, 5.74) is 0. The van der Waals surface area contributed by atoms with Crippen LogP contribution >= 0.6 is 0 Å². The Hall–Kier alpha value is -1.13. The molecular formula is C6H11NO4. The van der Waals surface area contributed by atoms with Crippen LogP contribution in [0.4, 0.5) is 0 Å². The molecule has 0 aliphatic rings. The van der Waals surface area contributed by atoms with Crippen molar-refractivity contribution >= 4 is 5.97 Å².